The molecule has 3 rings (SSSR count). The third-order valence-electron chi connectivity index (χ3n) is 3.36. The van der Waals surface area contributed by atoms with E-state index in [1.54, 1.807) is 30.5 Å². The van der Waals surface area contributed by atoms with Gasteiger partial charge in [0, 0.05) is 34.2 Å². The van der Waals surface area contributed by atoms with Gasteiger partial charge >= 0.3 is 0 Å². The fourth-order valence-electron chi connectivity index (χ4n) is 2.25. The van der Waals surface area contributed by atoms with Crippen LogP contribution < -0.4 is 0 Å². The largest absolute Gasteiger partial charge is 0.284 e. The van der Waals surface area contributed by atoms with Gasteiger partial charge in [0.1, 0.15) is 0 Å². The molecule has 0 radical (unpaired) electrons. The van der Waals surface area contributed by atoms with Crippen molar-refractivity contribution in [2.75, 3.05) is 6.26 Å². The summed E-state index contributed by atoms with van der Waals surface area (Å²) in [6.45, 7) is 0. The van der Waals surface area contributed by atoms with Crippen LogP contribution in [0.2, 0.25) is 5.02 Å². The average Bonchev–Trinajstić information content (AvgIpc) is 2.96. The zero-order chi connectivity index (χ0) is 15.7. The summed E-state index contributed by atoms with van der Waals surface area (Å²) >= 11 is 6.24. The molecule has 0 saturated carbocycles. The molecule has 0 aliphatic carbocycles. The summed E-state index contributed by atoms with van der Waals surface area (Å²) in [5.74, 6) is 0. The quantitative estimate of drug-likeness (QED) is 0.793. The third kappa shape index (κ3) is 2.77. The molecule has 0 unspecified atom stereocenters. The lowest BCUT2D eigenvalue weighted by atomic mass is 10.0. The van der Waals surface area contributed by atoms with Crippen molar-refractivity contribution >= 4 is 21.4 Å². The number of nitrogens with zero attached hydrogens (tertiary/aromatic N) is 1. The maximum atomic E-state index is 11.5. The van der Waals surface area contributed by atoms with Crippen LogP contribution in [0.4, 0.5) is 0 Å². The van der Waals surface area contributed by atoms with Gasteiger partial charge in [0.25, 0.3) is 0 Å². The van der Waals surface area contributed by atoms with Crippen LogP contribution in [-0.4, -0.2) is 24.9 Å². The van der Waals surface area contributed by atoms with E-state index in [1.165, 1.54) is 6.26 Å². The minimum Gasteiger partial charge on any atom is -0.284 e. The second-order valence-electron chi connectivity index (χ2n) is 4.92. The summed E-state index contributed by atoms with van der Waals surface area (Å²) < 4.78 is 23.0. The van der Waals surface area contributed by atoms with Crippen LogP contribution in [0, 0.1) is 0 Å². The summed E-state index contributed by atoms with van der Waals surface area (Å²) in [6, 6.07) is 14.2. The monoisotopic (exact) mass is 332 g/mol. The van der Waals surface area contributed by atoms with Crippen LogP contribution in [0.5, 0.6) is 0 Å². The molecule has 22 heavy (non-hydrogen) atoms. The Morgan fingerprint density at radius 2 is 1.68 bits per heavy atom. The van der Waals surface area contributed by atoms with Gasteiger partial charge in [0.05, 0.1) is 10.6 Å². The van der Waals surface area contributed by atoms with Crippen molar-refractivity contribution in [3.8, 4) is 22.4 Å². The Hall–Kier alpha value is -2.11. The molecule has 0 saturated heterocycles. The minimum absolute atomic E-state index is 0.283. The molecule has 1 aromatic heterocycles. The van der Waals surface area contributed by atoms with E-state index in [2.05, 4.69) is 10.2 Å². The van der Waals surface area contributed by atoms with Gasteiger partial charge in [-0.15, -0.1) is 0 Å². The fourth-order valence-corrected chi connectivity index (χ4v) is 3.12. The van der Waals surface area contributed by atoms with Gasteiger partial charge in [0.15, 0.2) is 9.84 Å². The first-order valence-electron chi connectivity index (χ1n) is 6.56. The number of benzene rings is 2. The van der Waals surface area contributed by atoms with Crippen LogP contribution in [0.1, 0.15) is 0 Å². The van der Waals surface area contributed by atoms with Crippen molar-refractivity contribution in [2.24, 2.45) is 0 Å². The number of aromatic amines is 1. The molecule has 2 aromatic carbocycles. The predicted octanol–water partition coefficient (Wildman–Crippen LogP) is 3.80. The number of rotatable bonds is 3. The molecule has 6 heteroatoms. The molecule has 0 amide bonds. The Bertz CT molecular complexity index is 915. The molecule has 0 bridgehead atoms. The van der Waals surface area contributed by atoms with E-state index in [9.17, 15) is 8.42 Å². The molecular weight excluding hydrogens is 320 g/mol. The maximum Gasteiger partial charge on any atom is 0.175 e. The van der Waals surface area contributed by atoms with Crippen molar-refractivity contribution in [1.29, 1.82) is 0 Å². The van der Waals surface area contributed by atoms with Gasteiger partial charge in [-0.05, 0) is 18.2 Å². The first-order valence-corrected chi connectivity index (χ1v) is 8.83. The van der Waals surface area contributed by atoms with Crippen molar-refractivity contribution in [2.45, 2.75) is 4.90 Å². The Balaban J connectivity index is 2.08. The number of aromatic nitrogens is 2. The van der Waals surface area contributed by atoms with E-state index in [1.807, 2.05) is 24.3 Å². The summed E-state index contributed by atoms with van der Waals surface area (Å²) in [6.07, 6.45) is 2.97. The zero-order valence-electron chi connectivity index (χ0n) is 11.7. The summed E-state index contributed by atoms with van der Waals surface area (Å²) in [5, 5.41) is 7.74. The molecule has 1 heterocycles. The van der Waals surface area contributed by atoms with E-state index in [0.29, 0.717) is 5.02 Å². The maximum absolute atomic E-state index is 11.5. The standard InChI is InChI=1S/C16H13ClN2O2S/c1-22(20,21)12-8-6-11(7-9-12)16-14(10-18-19-16)13-4-2-3-5-15(13)17/h2-10H,1H3,(H,18,19). The van der Waals surface area contributed by atoms with E-state index < -0.39 is 9.84 Å². The minimum atomic E-state index is -3.21. The highest BCUT2D eigenvalue weighted by Crippen LogP contribution is 2.34. The normalized spacial score (nSPS) is 11.5. The molecule has 0 aliphatic heterocycles. The summed E-state index contributed by atoms with van der Waals surface area (Å²) in [7, 11) is -3.21. The number of sulfone groups is 1. The van der Waals surface area contributed by atoms with E-state index >= 15 is 0 Å². The van der Waals surface area contributed by atoms with E-state index in [-0.39, 0.29) is 4.90 Å². The SMILES string of the molecule is CS(=O)(=O)c1ccc(-c2n[nH]cc2-c2ccccc2Cl)cc1. The van der Waals surface area contributed by atoms with Gasteiger partial charge in [-0.25, -0.2) is 8.42 Å². The van der Waals surface area contributed by atoms with Gasteiger partial charge in [-0.3, -0.25) is 5.10 Å². The Labute approximate surface area is 133 Å². The number of H-pyrrole nitrogens is 1. The number of halogens is 1. The van der Waals surface area contributed by atoms with Crippen molar-refractivity contribution < 1.29 is 8.42 Å². The smallest absolute Gasteiger partial charge is 0.175 e. The summed E-state index contributed by atoms with van der Waals surface area (Å²) in [4.78, 5) is 0.283. The van der Waals surface area contributed by atoms with Crippen LogP contribution in [0.3, 0.4) is 0 Å². The first-order chi connectivity index (χ1) is 10.5. The molecule has 0 spiro atoms. The Morgan fingerprint density at radius 1 is 1.00 bits per heavy atom. The topological polar surface area (TPSA) is 62.8 Å². The highest BCUT2D eigenvalue weighted by atomic mass is 35.5. The molecule has 112 valence electrons. The summed E-state index contributed by atoms with van der Waals surface area (Å²) in [5.41, 5.74) is 3.30. The fraction of sp³-hybridized carbons (Fsp3) is 0.0625. The van der Waals surface area contributed by atoms with Crippen molar-refractivity contribution in [3.05, 3.63) is 59.8 Å². The highest BCUT2D eigenvalue weighted by molar-refractivity contribution is 7.90. The van der Waals surface area contributed by atoms with E-state index in [4.69, 9.17) is 11.6 Å². The first kappa shape index (κ1) is 14.8. The molecule has 4 nitrogen and oxygen atoms in total. The van der Waals surface area contributed by atoms with Crippen LogP contribution in [0.15, 0.2) is 59.6 Å². The Kier molecular flexibility index (Phi) is 3.76. The second-order valence-corrected chi connectivity index (χ2v) is 7.35. The molecule has 3 aromatic rings. The van der Waals surface area contributed by atoms with E-state index in [0.717, 1.165) is 22.4 Å². The van der Waals surface area contributed by atoms with Crippen LogP contribution in [0.25, 0.3) is 22.4 Å². The van der Waals surface area contributed by atoms with Gasteiger partial charge in [-0.1, -0.05) is 41.9 Å². The van der Waals surface area contributed by atoms with Crippen LogP contribution in [-0.2, 0) is 9.84 Å². The van der Waals surface area contributed by atoms with Gasteiger partial charge in [-0.2, -0.15) is 5.10 Å². The van der Waals surface area contributed by atoms with Gasteiger partial charge < -0.3 is 0 Å². The molecular formula is C16H13ClN2O2S. The number of hydrogen-bond donors (Lipinski definition) is 1. The molecule has 0 aliphatic rings. The average molecular weight is 333 g/mol. The van der Waals surface area contributed by atoms with Crippen molar-refractivity contribution in [3.63, 3.8) is 0 Å². The number of hydrogen-bond acceptors (Lipinski definition) is 3. The number of nitrogens with one attached hydrogen (secondary N) is 1. The molecule has 1 N–H and O–H groups in total. The molecule has 0 fully saturated rings. The van der Waals surface area contributed by atoms with Crippen molar-refractivity contribution in [1.82, 2.24) is 10.2 Å². The lowest BCUT2D eigenvalue weighted by Crippen LogP contribution is -1.96. The zero-order valence-corrected chi connectivity index (χ0v) is 13.3. The second kappa shape index (κ2) is 5.59. The van der Waals surface area contributed by atoms with Gasteiger partial charge in [0.2, 0.25) is 0 Å². The van der Waals surface area contributed by atoms with Crippen LogP contribution >= 0.6 is 11.6 Å². The third-order valence-corrected chi connectivity index (χ3v) is 4.82. The Morgan fingerprint density at radius 3 is 2.32 bits per heavy atom. The highest BCUT2D eigenvalue weighted by Gasteiger charge is 2.14. The predicted molar refractivity (Wildman–Crippen MR) is 87.6 cm³/mol. The molecule has 0 atom stereocenters. The lowest BCUT2D eigenvalue weighted by Gasteiger charge is -2.06. The lowest BCUT2D eigenvalue weighted by molar-refractivity contribution is 0.602.